The second-order valence-corrected chi connectivity index (χ2v) is 5.28. The molecule has 1 fully saturated rings. The van der Waals surface area contributed by atoms with Crippen molar-refractivity contribution in [3.05, 3.63) is 29.6 Å². The molecule has 2 heterocycles. The Labute approximate surface area is 110 Å². The predicted octanol–water partition coefficient (Wildman–Crippen LogP) is 1.98. The highest BCUT2D eigenvalue weighted by Gasteiger charge is 2.32. The Morgan fingerprint density at radius 1 is 1.47 bits per heavy atom. The van der Waals surface area contributed by atoms with Gasteiger partial charge in [0.05, 0.1) is 0 Å². The van der Waals surface area contributed by atoms with Gasteiger partial charge in [0, 0.05) is 25.0 Å². The third-order valence-electron chi connectivity index (χ3n) is 3.51. The largest absolute Gasteiger partial charge is 0.330 e. The summed E-state index contributed by atoms with van der Waals surface area (Å²) in [5.74, 6) is 0. The summed E-state index contributed by atoms with van der Waals surface area (Å²) in [6.45, 7) is 8.35. The van der Waals surface area contributed by atoms with Crippen LogP contribution in [0.5, 0.6) is 0 Å². The van der Waals surface area contributed by atoms with Gasteiger partial charge in [-0.3, -0.25) is 9.88 Å². The maximum Gasteiger partial charge on any atom is 0.0372 e. The fourth-order valence-electron chi connectivity index (χ4n) is 2.28. The number of nitrogens with zero attached hydrogens (tertiary/aromatic N) is 2. The summed E-state index contributed by atoms with van der Waals surface area (Å²) in [7, 11) is 0. The molecule has 17 heavy (non-hydrogen) atoms. The lowest BCUT2D eigenvalue weighted by molar-refractivity contribution is 0.274. The molecule has 1 aromatic heterocycles. The molecule has 0 radical (unpaired) electrons. The lowest BCUT2D eigenvalue weighted by Crippen LogP contribution is -2.31. The number of hydrogen-bond acceptors (Lipinski definition) is 3. The number of halogens is 1. The first kappa shape index (κ1) is 14.4. The van der Waals surface area contributed by atoms with Gasteiger partial charge in [-0.25, -0.2) is 0 Å². The van der Waals surface area contributed by atoms with E-state index in [4.69, 9.17) is 5.73 Å². The van der Waals surface area contributed by atoms with Crippen molar-refractivity contribution in [3.63, 3.8) is 0 Å². The van der Waals surface area contributed by atoms with Crippen LogP contribution in [0.25, 0.3) is 0 Å². The first-order chi connectivity index (χ1) is 7.61. The number of nitrogens with two attached hydrogens (primary N) is 1. The summed E-state index contributed by atoms with van der Waals surface area (Å²) < 4.78 is 0. The Bertz CT molecular complexity index is 352. The van der Waals surface area contributed by atoms with E-state index < -0.39 is 0 Å². The standard InChI is InChI=1S/C13H21N3.ClH/c1-11-3-4-12(7-15-11)8-16-6-5-13(2,9-14)10-16;/h3-4,7H,5-6,8-10,14H2,1-2H3;1H. The molecule has 1 aromatic rings. The lowest BCUT2D eigenvalue weighted by Gasteiger charge is -2.22. The Kier molecular flexibility index (Phi) is 4.92. The summed E-state index contributed by atoms with van der Waals surface area (Å²) >= 11 is 0. The van der Waals surface area contributed by atoms with Crippen molar-refractivity contribution in [3.8, 4) is 0 Å². The van der Waals surface area contributed by atoms with E-state index in [1.165, 1.54) is 12.0 Å². The molecule has 0 amide bonds. The second-order valence-electron chi connectivity index (χ2n) is 5.28. The van der Waals surface area contributed by atoms with Crippen LogP contribution in [0.2, 0.25) is 0 Å². The molecular weight excluding hydrogens is 234 g/mol. The maximum absolute atomic E-state index is 5.80. The lowest BCUT2D eigenvalue weighted by atomic mass is 9.90. The topological polar surface area (TPSA) is 42.1 Å². The molecule has 0 saturated carbocycles. The van der Waals surface area contributed by atoms with Gasteiger partial charge in [0.2, 0.25) is 0 Å². The molecule has 0 spiro atoms. The number of aryl methyl sites for hydroxylation is 1. The molecule has 1 aliphatic rings. The smallest absolute Gasteiger partial charge is 0.0372 e. The van der Waals surface area contributed by atoms with Crippen molar-refractivity contribution >= 4 is 12.4 Å². The third-order valence-corrected chi connectivity index (χ3v) is 3.51. The van der Waals surface area contributed by atoms with E-state index in [-0.39, 0.29) is 12.4 Å². The minimum Gasteiger partial charge on any atom is -0.330 e. The van der Waals surface area contributed by atoms with Crippen molar-refractivity contribution in [1.29, 1.82) is 0 Å². The molecular formula is C13H22ClN3. The van der Waals surface area contributed by atoms with Gasteiger partial charge in [-0.15, -0.1) is 12.4 Å². The molecule has 0 bridgehead atoms. The summed E-state index contributed by atoms with van der Waals surface area (Å²) in [5, 5.41) is 0. The number of hydrogen-bond donors (Lipinski definition) is 1. The fourth-order valence-corrected chi connectivity index (χ4v) is 2.28. The summed E-state index contributed by atoms with van der Waals surface area (Å²) in [6, 6.07) is 4.24. The van der Waals surface area contributed by atoms with Crippen molar-refractivity contribution in [2.24, 2.45) is 11.1 Å². The highest BCUT2D eigenvalue weighted by Crippen LogP contribution is 2.29. The minimum absolute atomic E-state index is 0. The first-order valence-electron chi connectivity index (χ1n) is 5.95. The Balaban J connectivity index is 0.00000144. The molecule has 0 aliphatic carbocycles. The van der Waals surface area contributed by atoms with E-state index >= 15 is 0 Å². The van der Waals surface area contributed by atoms with Gasteiger partial charge in [-0.05, 0) is 43.5 Å². The van der Waals surface area contributed by atoms with Crippen LogP contribution in [-0.4, -0.2) is 29.5 Å². The molecule has 1 aliphatic heterocycles. The minimum atomic E-state index is 0. The molecule has 3 nitrogen and oxygen atoms in total. The van der Waals surface area contributed by atoms with Gasteiger partial charge in [0.15, 0.2) is 0 Å². The zero-order valence-electron chi connectivity index (χ0n) is 10.6. The predicted molar refractivity (Wildman–Crippen MR) is 73.3 cm³/mol. The third kappa shape index (κ3) is 3.66. The Morgan fingerprint density at radius 3 is 2.76 bits per heavy atom. The van der Waals surface area contributed by atoms with Crippen LogP contribution >= 0.6 is 12.4 Å². The van der Waals surface area contributed by atoms with Crippen LogP contribution in [0.4, 0.5) is 0 Å². The van der Waals surface area contributed by atoms with Crippen LogP contribution in [0.1, 0.15) is 24.6 Å². The molecule has 0 aromatic carbocycles. The second kappa shape index (κ2) is 5.80. The number of likely N-dealkylation sites (tertiary alicyclic amines) is 1. The maximum atomic E-state index is 5.80. The fraction of sp³-hybridized carbons (Fsp3) is 0.615. The highest BCUT2D eigenvalue weighted by molar-refractivity contribution is 5.85. The highest BCUT2D eigenvalue weighted by atomic mass is 35.5. The van der Waals surface area contributed by atoms with Crippen molar-refractivity contribution < 1.29 is 0 Å². The van der Waals surface area contributed by atoms with Gasteiger partial charge in [-0.1, -0.05) is 13.0 Å². The van der Waals surface area contributed by atoms with Gasteiger partial charge in [-0.2, -0.15) is 0 Å². The van der Waals surface area contributed by atoms with Gasteiger partial charge in [0.25, 0.3) is 0 Å². The number of rotatable bonds is 3. The average Bonchev–Trinajstić information content (AvgIpc) is 2.65. The van der Waals surface area contributed by atoms with E-state index in [0.717, 1.165) is 31.9 Å². The molecule has 2 rings (SSSR count). The van der Waals surface area contributed by atoms with Gasteiger partial charge < -0.3 is 5.73 Å². The average molecular weight is 256 g/mol. The molecule has 1 unspecified atom stereocenters. The van der Waals surface area contributed by atoms with Crippen LogP contribution in [0.3, 0.4) is 0 Å². The van der Waals surface area contributed by atoms with E-state index in [2.05, 4.69) is 28.9 Å². The number of aromatic nitrogens is 1. The van der Waals surface area contributed by atoms with E-state index in [0.29, 0.717) is 5.41 Å². The van der Waals surface area contributed by atoms with Crippen molar-refractivity contribution in [2.45, 2.75) is 26.8 Å². The Hall–Kier alpha value is -0.640. The molecule has 2 N–H and O–H groups in total. The van der Waals surface area contributed by atoms with Crippen molar-refractivity contribution in [1.82, 2.24) is 9.88 Å². The van der Waals surface area contributed by atoms with Crippen molar-refractivity contribution in [2.75, 3.05) is 19.6 Å². The zero-order valence-corrected chi connectivity index (χ0v) is 11.5. The van der Waals surface area contributed by atoms with Crippen LogP contribution in [0, 0.1) is 12.3 Å². The van der Waals surface area contributed by atoms with E-state index in [1.807, 2.05) is 13.1 Å². The quantitative estimate of drug-likeness (QED) is 0.898. The van der Waals surface area contributed by atoms with Crippen LogP contribution in [0.15, 0.2) is 18.3 Å². The SMILES string of the molecule is Cc1ccc(CN2CCC(C)(CN)C2)cn1.Cl. The first-order valence-corrected chi connectivity index (χ1v) is 5.95. The summed E-state index contributed by atoms with van der Waals surface area (Å²) in [6.07, 6.45) is 3.19. The van der Waals surface area contributed by atoms with E-state index in [9.17, 15) is 0 Å². The molecule has 1 atom stereocenters. The van der Waals surface area contributed by atoms with Gasteiger partial charge >= 0.3 is 0 Å². The van der Waals surface area contributed by atoms with Gasteiger partial charge in [0.1, 0.15) is 0 Å². The summed E-state index contributed by atoms with van der Waals surface area (Å²) in [5.41, 5.74) is 8.50. The van der Waals surface area contributed by atoms with Crippen LogP contribution < -0.4 is 5.73 Å². The monoisotopic (exact) mass is 255 g/mol. The van der Waals surface area contributed by atoms with Crippen LogP contribution in [-0.2, 0) is 6.54 Å². The Morgan fingerprint density at radius 2 is 2.24 bits per heavy atom. The summed E-state index contributed by atoms with van der Waals surface area (Å²) in [4.78, 5) is 6.80. The van der Waals surface area contributed by atoms with E-state index in [1.54, 1.807) is 0 Å². The molecule has 4 heteroatoms. The number of pyridine rings is 1. The molecule has 96 valence electrons. The normalized spacial score (nSPS) is 24.6. The molecule has 1 saturated heterocycles. The zero-order chi connectivity index (χ0) is 11.6.